The molecule has 1 atom stereocenters. The summed E-state index contributed by atoms with van der Waals surface area (Å²) in [5.74, 6) is 0. The van der Waals surface area contributed by atoms with Gasteiger partial charge in [0.05, 0.1) is 17.6 Å². The SMILES string of the molecule is CCCc1ccc(S(=O)(=O)N(C)CC2Cc3ccccc3CO2)cc1. The third kappa shape index (κ3) is 4.11. The number of hydrogen-bond donors (Lipinski definition) is 0. The number of likely N-dealkylation sites (N-methyl/N-ethyl adjacent to an activating group) is 1. The van der Waals surface area contributed by atoms with E-state index in [9.17, 15) is 8.42 Å². The van der Waals surface area contributed by atoms with Gasteiger partial charge in [-0.15, -0.1) is 0 Å². The topological polar surface area (TPSA) is 46.6 Å². The molecule has 0 aromatic heterocycles. The van der Waals surface area contributed by atoms with Crippen molar-refractivity contribution in [2.45, 2.75) is 43.8 Å². The van der Waals surface area contributed by atoms with Crippen molar-refractivity contribution >= 4 is 10.0 Å². The fraction of sp³-hybridized carbons (Fsp3) is 0.400. The van der Waals surface area contributed by atoms with Crippen LogP contribution in [0.1, 0.15) is 30.0 Å². The molecule has 4 nitrogen and oxygen atoms in total. The Morgan fingerprint density at radius 2 is 1.76 bits per heavy atom. The van der Waals surface area contributed by atoms with Crippen LogP contribution < -0.4 is 0 Å². The first-order valence-corrected chi connectivity index (χ1v) is 10.2. The number of sulfonamides is 1. The minimum Gasteiger partial charge on any atom is -0.372 e. The molecule has 5 heteroatoms. The molecule has 25 heavy (non-hydrogen) atoms. The van der Waals surface area contributed by atoms with E-state index in [-0.39, 0.29) is 6.10 Å². The molecule has 1 aliphatic heterocycles. The van der Waals surface area contributed by atoms with E-state index >= 15 is 0 Å². The highest BCUT2D eigenvalue weighted by molar-refractivity contribution is 7.89. The summed E-state index contributed by atoms with van der Waals surface area (Å²) in [5.41, 5.74) is 3.60. The highest BCUT2D eigenvalue weighted by Gasteiger charge is 2.26. The summed E-state index contributed by atoms with van der Waals surface area (Å²) < 4.78 is 32.8. The van der Waals surface area contributed by atoms with Gasteiger partial charge in [0.2, 0.25) is 10.0 Å². The zero-order chi connectivity index (χ0) is 17.9. The number of fused-ring (bicyclic) bond motifs is 1. The van der Waals surface area contributed by atoms with Gasteiger partial charge in [0.25, 0.3) is 0 Å². The first-order chi connectivity index (χ1) is 12.0. The largest absolute Gasteiger partial charge is 0.372 e. The maximum Gasteiger partial charge on any atom is 0.242 e. The van der Waals surface area contributed by atoms with E-state index in [0.29, 0.717) is 18.0 Å². The Bertz CT molecular complexity index is 815. The molecule has 0 radical (unpaired) electrons. The summed E-state index contributed by atoms with van der Waals surface area (Å²) in [4.78, 5) is 0.339. The normalized spacial score (nSPS) is 17.5. The minimum atomic E-state index is -3.49. The highest BCUT2D eigenvalue weighted by atomic mass is 32.2. The van der Waals surface area contributed by atoms with Gasteiger partial charge in [-0.3, -0.25) is 0 Å². The molecule has 0 saturated heterocycles. The van der Waals surface area contributed by atoms with Crippen LogP contribution >= 0.6 is 0 Å². The molecule has 0 N–H and O–H groups in total. The van der Waals surface area contributed by atoms with Gasteiger partial charge < -0.3 is 4.74 Å². The molecule has 0 spiro atoms. The van der Waals surface area contributed by atoms with Crippen molar-refractivity contribution in [3.8, 4) is 0 Å². The van der Waals surface area contributed by atoms with Crippen LogP contribution in [-0.4, -0.2) is 32.4 Å². The summed E-state index contributed by atoms with van der Waals surface area (Å²) in [6.45, 7) is 3.01. The van der Waals surface area contributed by atoms with Gasteiger partial charge in [-0.2, -0.15) is 4.31 Å². The lowest BCUT2D eigenvalue weighted by molar-refractivity contribution is 0.0202. The molecular weight excluding hydrogens is 334 g/mol. The molecule has 0 aliphatic carbocycles. The molecule has 1 aliphatic rings. The molecule has 0 bridgehead atoms. The standard InChI is InChI=1S/C20H25NO3S/c1-3-6-16-9-11-20(12-10-16)25(22,23)21(2)14-19-13-17-7-4-5-8-18(17)15-24-19/h4-5,7-12,19H,3,6,13-15H2,1-2H3. The first-order valence-electron chi connectivity index (χ1n) is 8.74. The third-order valence-electron chi connectivity index (χ3n) is 4.67. The van der Waals surface area contributed by atoms with Gasteiger partial charge in [0.15, 0.2) is 0 Å². The Balaban J connectivity index is 1.69. The lowest BCUT2D eigenvalue weighted by Gasteiger charge is -2.28. The summed E-state index contributed by atoms with van der Waals surface area (Å²) in [5, 5.41) is 0. The minimum absolute atomic E-state index is 0.117. The van der Waals surface area contributed by atoms with Crippen LogP contribution in [-0.2, 0) is 34.2 Å². The van der Waals surface area contributed by atoms with Crippen molar-refractivity contribution in [2.75, 3.05) is 13.6 Å². The lowest BCUT2D eigenvalue weighted by atomic mass is 9.99. The molecule has 0 amide bonds. The number of hydrogen-bond acceptors (Lipinski definition) is 3. The number of ether oxygens (including phenoxy) is 1. The zero-order valence-corrected chi connectivity index (χ0v) is 15.6. The van der Waals surface area contributed by atoms with Crippen molar-refractivity contribution < 1.29 is 13.2 Å². The van der Waals surface area contributed by atoms with Crippen LogP contribution in [0, 0.1) is 0 Å². The first kappa shape index (κ1) is 18.1. The van der Waals surface area contributed by atoms with Crippen LogP contribution in [0.3, 0.4) is 0 Å². The second kappa shape index (κ2) is 7.68. The van der Waals surface area contributed by atoms with Gasteiger partial charge in [-0.05, 0) is 35.2 Å². The molecule has 1 unspecified atom stereocenters. The Hall–Kier alpha value is -1.69. The van der Waals surface area contributed by atoms with Gasteiger partial charge in [0, 0.05) is 20.0 Å². The number of aryl methyl sites for hydroxylation is 1. The van der Waals surface area contributed by atoms with E-state index in [2.05, 4.69) is 19.1 Å². The Kier molecular flexibility index (Phi) is 5.57. The van der Waals surface area contributed by atoms with E-state index < -0.39 is 10.0 Å². The Labute approximate surface area is 150 Å². The Morgan fingerprint density at radius 1 is 1.08 bits per heavy atom. The molecule has 2 aromatic rings. The quantitative estimate of drug-likeness (QED) is 0.794. The summed E-state index contributed by atoms with van der Waals surface area (Å²) in [6, 6.07) is 15.4. The smallest absolute Gasteiger partial charge is 0.242 e. The summed E-state index contributed by atoms with van der Waals surface area (Å²) in [6.07, 6.45) is 2.64. The maximum absolute atomic E-state index is 12.8. The fourth-order valence-corrected chi connectivity index (χ4v) is 4.41. The highest BCUT2D eigenvalue weighted by Crippen LogP contribution is 2.23. The van der Waals surface area contributed by atoms with Crippen molar-refractivity contribution in [3.63, 3.8) is 0 Å². The van der Waals surface area contributed by atoms with E-state index in [4.69, 9.17) is 4.74 Å². The van der Waals surface area contributed by atoms with E-state index in [1.807, 2.05) is 24.3 Å². The lowest BCUT2D eigenvalue weighted by Crippen LogP contribution is -2.38. The van der Waals surface area contributed by atoms with Crippen LogP contribution in [0.15, 0.2) is 53.4 Å². The molecular formula is C20H25NO3S. The number of rotatable bonds is 6. The third-order valence-corrected chi connectivity index (χ3v) is 6.51. The van der Waals surface area contributed by atoms with E-state index in [0.717, 1.165) is 24.8 Å². The van der Waals surface area contributed by atoms with Crippen molar-refractivity contribution in [3.05, 3.63) is 65.2 Å². The van der Waals surface area contributed by atoms with E-state index in [1.165, 1.54) is 15.4 Å². The zero-order valence-electron chi connectivity index (χ0n) is 14.8. The van der Waals surface area contributed by atoms with E-state index in [1.54, 1.807) is 19.2 Å². The number of benzene rings is 2. The van der Waals surface area contributed by atoms with Crippen molar-refractivity contribution in [1.29, 1.82) is 0 Å². The molecule has 134 valence electrons. The van der Waals surface area contributed by atoms with Crippen molar-refractivity contribution in [1.82, 2.24) is 4.31 Å². The van der Waals surface area contributed by atoms with Gasteiger partial charge >= 0.3 is 0 Å². The van der Waals surface area contributed by atoms with Crippen LogP contribution in [0.25, 0.3) is 0 Å². The molecule has 0 fully saturated rings. The van der Waals surface area contributed by atoms with Gasteiger partial charge in [-0.1, -0.05) is 49.7 Å². The molecule has 2 aromatic carbocycles. The van der Waals surface area contributed by atoms with Gasteiger partial charge in [-0.25, -0.2) is 8.42 Å². The molecule has 3 rings (SSSR count). The Morgan fingerprint density at radius 3 is 2.44 bits per heavy atom. The second-order valence-corrected chi connectivity index (χ2v) is 8.63. The molecule has 0 saturated carbocycles. The van der Waals surface area contributed by atoms with Crippen LogP contribution in [0.2, 0.25) is 0 Å². The fourth-order valence-electron chi connectivity index (χ4n) is 3.21. The second-order valence-electron chi connectivity index (χ2n) is 6.59. The van der Waals surface area contributed by atoms with Crippen LogP contribution in [0.5, 0.6) is 0 Å². The summed E-state index contributed by atoms with van der Waals surface area (Å²) >= 11 is 0. The summed E-state index contributed by atoms with van der Waals surface area (Å²) in [7, 11) is -1.87. The number of nitrogens with zero attached hydrogens (tertiary/aromatic N) is 1. The average Bonchev–Trinajstić information content (AvgIpc) is 2.62. The van der Waals surface area contributed by atoms with Crippen molar-refractivity contribution in [2.24, 2.45) is 0 Å². The average molecular weight is 359 g/mol. The monoisotopic (exact) mass is 359 g/mol. The van der Waals surface area contributed by atoms with Crippen LogP contribution in [0.4, 0.5) is 0 Å². The predicted octanol–water partition coefficient (Wildman–Crippen LogP) is 3.40. The van der Waals surface area contributed by atoms with Gasteiger partial charge in [0.1, 0.15) is 0 Å². The maximum atomic E-state index is 12.8. The predicted molar refractivity (Wildman–Crippen MR) is 99.0 cm³/mol. The molecule has 1 heterocycles.